The molecule has 0 aliphatic carbocycles. The monoisotopic (exact) mass is 412 g/mol. The van der Waals surface area contributed by atoms with Gasteiger partial charge in [0.2, 0.25) is 10.8 Å². The van der Waals surface area contributed by atoms with E-state index in [4.69, 9.17) is 0 Å². The molecule has 3 heterocycles. The minimum Gasteiger partial charge on any atom is -0.492 e. The van der Waals surface area contributed by atoms with Crippen molar-refractivity contribution in [2.24, 2.45) is 0 Å². The molecule has 1 aliphatic rings. The first-order valence-corrected chi connectivity index (χ1v) is 10.1. The number of rotatable bonds is 3. The first kappa shape index (κ1) is 18.2. The second-order valence-electron chi connectivity index (χ2n) is 7.21. The van der Waals surface area contributed by atoms with Crippen molar-refractivity contribution in [2.45, 2.75) is 25.9 Å². The molecule has 0 radical (unpaired) electrons. The van der Waals surface area contributed by atoms with Crippen LogP contribution >= 0.6 is 11.3 Å². The fraction of sp³-hybridized carbons (Fsp3) is 0.238. The molecular weight excluding hydrogens is 394 g/mol. The summed E-state index contributed by atoms with van der Waals surface area (Å²) in [5, 5.41) is 15.1. The standard InChI is InChI=1S/C21H18F2N4OS/c1-12-24-21-27(25-12)20(28)19(29-21)18(14-6-7-16(22)17(23)10-14)26-9-8-13-4-2-3-5-15(13)11-26/h2-7,10,18,28H,8-9,11H2,1H3/t18-/m0/s1. The van der Waals surface area contributed by atoms with Crippen LogP contribution in [0, 0.1) is 18.6 Å². The van der Waals surface area contributed by atoms with Gasteiger partial charge in [-0.1, -0.05) is 41.7 Å². The lowest BCUT2D eigenvalue weighted by molar-refractivity contribution is 0.205. The molecular formula is C21H18F2N4OS. The maximum Gasteiger partial charge on any atom is 0.230 e. The predicted molar refractivity (Wildman–Crippen MR) is 106 cm³/mol. The fourth-order valence-corrected chi connectivity index (χ4v) is 5.14. The number of aryl methyl sites for hydroxylation is 1. The van der Waals surface area contributed by atoms with Crippen LogP contribution < -0.4 is 0 Å². The molecule has 5 rings (SSSR count). The van der Waals surface area contributed by atoms with E-state index in [9.17, 15) is 13.9 Å². The van der Waals surface area contributed by atoms with Gasteiger partial charge in [0, 0.05) is 13.1 Å². The Morgan fingerprint density at radius 1 is 1.10 bits per heavy atom. The van der Waals surface area contributed by atoms with Crippen LogP contribution in [0.3, 0.4) is 0 Å². The lowest BCUT2D eigenvalue weighted by Crippen LogP contribution is -2.34. The summed E-state index contributed by atoms with van der Waals surface area (Å²) in [5.41, 5.74) is 3.07. The van der Waals surface area contributed by atoms with E-state index in [1.54, 1.807) is 13.0 Å². The molecule has 0 spiro atoms. The van der Waals surface area contributed by atoms with Gasteiger partial charge in [0.05, 0.1) is 10.9 Å². The van der Waals surface area contributed by atoms with Gasteiger partial charge in [0.25, 0.3) is 0 Å². The maximum atomic E-state index is 14.1. The third kappa shape index (κ3) is 3.08. The van der Waals surface area contributed by atoms with Crippen molar-refractivity contribution in [3.8, 4) is 5.88 Å². The molecule has 0 saturated heterocycles. The predicted octanol–water partition coefficient (Wildman–Crippen LogP) is 4.23. The van der Waals surface area contributed by atoms with Crippen molar-refractivity contribution in [1.29, 1.82) is 0 Å². The van der Waals surface area contributed by atoms with E-state index in [1.807, 2.05) is 12.1 Å². The summed E-state index contributed by atoms with van der Waals surface area (Å²) >= 11 is 1.31. The van der Waals surface area contributed by atoms with Crippen molar-refractivity contribution in [3.63, 3.8) is 0 Å². The third-order valence-corrected chi connectivity index (χ3v) is 6.41. The largest absolute Gasteiger partial charge is 0.492 e. The molecule has 2 aromatic carbocycles. The number of aromatic nitrogens is 3. The van der Waals surface area contributed by atoms with Crippen molar-refractivity contribution in [1.82, 2.24) is 19.5 Å². The van der Waals surface area contributed by atoms with E-state index < -0.39 is 17.7 Å². The Balaban J connectivity index is 1.64. The minimum atomic E-state index is -0.903. The Kier molecular flexibility index (Phi) is 4.33. The zero-order valence-corrected chi connectivity index (χ0v) is 16.5. The molecule has 5 nitrogen and oxygen atoms in total. The van der Waals surface area contributed by atoms with Crippen LogP contribution in [0.15, 0.2) is 42.5 Å². The highest BCUT2D eigenvalue weighted by molar-refractivity contribution is 7.17. The number of benzene rings is 2. The van der Waals surface area contributed by atoms with Gasteiger partial charge in [0.1, 0.15) is 5.82 Å². The second-order valence-corrected chi connectivity index (χ2v) is 8.22. The number of hydrogen-bond acceptors (Lipinski definition) is 5. The smallest absolute Gasteiger partial charge is 0.230 e. The van der Waals surface area contributed by atoms with Crippen molar-refractivity contribution < 1.29 is 13.9 Å². The Hall–Kier alpha value is -2.84. The molecule has 0 bridgehead atoms. The minimum absolute atomic E-state index is 0.0146. The average molecular weight is 412 g/mol. The molecule has 0 saturated carbocycles. The van der Waals surface area contributed by atoms with Crippen LogP contribution in [-0.4, -0.2) is 31.1 Å². The molecule has 0 amide bonds. The maximum absolute atomic E-state index is 14.1. The molecule has 1 aliphatic heterocycles. The lowest BCUT2D eigenvalue weighted by Gasteiger charge is -2.35. The Labute approximate surface area is 169 Å². The van der Waals surface area contributed by atoms with Gasteiger partial charge in [0.15, 0.2) is 11.6 Å². The highest BCUT2D eigenvalue weighted by Gasteiger charge is 2.32. The van der Waals surface area contributed by atoms with E-state index in [1.165, 1.54) is 33.0 Å². The number of fused-ring (bicyclic) bond motifs is 2. The fourth-order valence-electron chi connectivity index (χ4n) is 3.97. The quantitative estimate of drug-likeness (QED) is 0.547. The summed E-state index contributed by atoms with van der Waals surface area (Å²) in [5.74, 6) is -1.24. The van der Waals surface area contributed by atoms with Crippen LogP contribution in [0.25, 0.3) is 4.96 Å². The summed E-state index contributed by atoms with van der Waals surface area (Å²) in [4.78, 5) is 7.70. The molecule has 148 valence electrons. The first-order chi connectivity index (χ1) is 14.0. The van der Waals surface area contributed by atoms with Crippen LogP contribution in [-0.2, 0) is 13.0 Å². The zero-order valence-electron chi connectivity index (χ0n) is 15.6. The van der Waals surface area contributed by atoms with Crippen LogP contribution in [0.5, 0.6) is 5.88 Å². The van der Waals surface area contributed by atoms with Gasteiger partial charge < -0.3 is 5.11 Å². The average Bonchev–Trinajstić information content (AvgIpc) is 3.22. The molecule has 0 fully saturated rings. The van der Waals surface area contributed by atoms with Crippen molar-refractivity contribution in [2.75, 3.05) is 6.54 Å². The molecule has 0 unspecified atom stereocenters. The normalized spacial score (nSPS) is 15.6. The third-order valence-electron chi connectivity index (χ3n) is 5.34. The summed E-state index contributed by atoms with van der Waals surface area (Å²) in [7, 11) is 0. The molecule has 4 aromatic rings. The number of halogens is 2. The van der Waals surface area contributed by atoms with E-state index in [2.05, 4.69) is 27.1 Å². The van der Waals surface area contributed by atoms with Crippen molar-refractivity contribution >= 4 is 16.3 Å². The van der Waals surface area contributed by atoms with Crippen LogP contribution in [0.1, 0.15) is 33.4 Å². The molecule has 1 N–H and O–H groups in total. The molecule has 1 atom stereocenters. The summed E-state index contributed by atoms with van der Waals surface area (Å²) in [6.45, 7) is 3.13. The van der Waals surface area contributed by atoms with Crippen LogP contribution in [0.4, 0.5) is 8.78 Å². The second kappa shape index (κ2) is 6.89. The van der Waals surface area contributed by atoms with E-state index >= 15 is 0 Å². The van der Waals surface area contributed by atoms with E-state index in [0.717, 1.165) is 19.0 Å². The summed E-state index contributed by atoms with van der Waals surface area (Å²) in [6.07, 6.45) is 0.844. The SMILES string of the molecule is Cc1nc2sc([C@H](c3ccc(F)c(F)c3)N3CCc4ccccc4C3)c(O)n2n1. The number of nitrogens with zero attached hydrogens (tertiary/aromatic N) is 4. The Morgan fingerprint density at radius 3 is 2.66 bits per heavy atom. The number of aromatic hydroxyl groups is 1. The van der Waals surface area contributed by atoms with E-state index in [-0.39, 0.29) is 5.88 Å². The number of thiazole rings is 1. The summed E-state index contributed by atoms with van der Waals surface area (Å²) < 4.78 is 29.1. The highest BCUT2D eigenvalue weighted by atomic mass is 32.1. The van der Waals surface area contributed by atoms with Crippen molar-refractivity contribution in [3.05, 3.63) is 81.5 Å². The highest BCUT2D eigenvalue weighted by Crippen LogP contribution is 2.41. The topological polar surface area (TPSA) is 53.7 Å². The summed E-state index contributed by atoms with van der Waals surface area (Å²) in [6, 6.07) is 11.7. The van der Waals surface area contributed by atoms with Gasteiger partial charge in [-0.2, -0.15) is 4.52 Å². The molecule has 8 heteroatoms. The molecule has 29 heavy (non-hydrogen) atoms. The lowest BCUT2D eigenvalue weighted by atomic mass is 9.95. The van der Waals surface area contributed by atoms with E-state index in [0.29, 0.717) is 27.8 Å². The van der Waals surface area contributed by atoms with Gasteiger partial charge in [-0.3, -0.25) is 4.90 Å². The van der Waals surface area contributed by atoms with Crippen LogP contribution in [0.2, 0.25) is 0 Å². The van der Waals surface area contributed by atoms with Gasteiger partial charge in [-0.05, 0) is 42.2 Å². The zero-order chi connectivity index (χ0) is 20.1. The Bertz CT molecular complexity index is 1220. The number of hydrogen-bond donors (Lipinski definition) is 1. The van der Waals surface area contributed by atoms with Gasteiger partial charge >= 0.3 is 0 Å². The first-order valence-electron chi connectivity index (χ1n) is 9.32. The van der Waals surface area contributed by atoms with Gasteiger partial charge in [-0.25, -0.2) is 13.8 Å². The molecule has 2 aromatic heterocycles. The Morgan fingerprint density at radius 2 is 1.90 bits per heavy atom. The van der Waals surface area contributed by atoms with Gasteiger partial charge in [-0.15, -0.1) is 5.10 Å².